The van der Waals surface area contributed by atoms with Gasteiger partial charge in [-0.05, 0) is 35.3 Å². The van der Waals surface area contributed by atoms with Crippen LogP contribution in [0.2, 0.25) is 0 Å². The highest BCUT2D eigenvalue weighted by Crippen LogP contribution is 2.44. The van der Waals surface area contributed by atoms with Gasteiger partial charge in [-0.3, -0.25) is 0 Å². The predicted molar refractivity (Wildman–Crippen MR) is 67.2 cm³/mol. The molecule has 0 N–H and O–H groups in total. The Bertz CT molecular complexity index is 446. The van der Waals surface area contributed by atoms with E-state index in [1.54, 1.807) is 0 Å². The van der Waals surface area contributed by atoms with Crippen LogP contribution >= 0.6 is 27.7 Å². The van der Waals surface area contributed by atoms with Crippen LogP contribution in [0.25, 0.3) is 0 Å². The molecule has 0 atom stereocenters. The van der Waals surface area contributed by atoms with Crippen LogP contribution in [0.3, 0.4) is 0 Å². The maximum absolute atomic E-state index is 9.10. The summed E-state index contributed by atoms with van der Waals surface area (Å²) in [5.41, 5.74) is 2.30. The molecule has 0 amide bonds. The average Bonchev–Trinajstić information content (AvgIpc) is 2.18. The van der Waals surface area contributed by atoms with Gasteiger partial charge in [0.1, 0.15) is 6.07 Å². The molecule has 1 aromatic rings. The lowest BCUT2D eigenvalue weighted by Gasteiger charge is -2.32. The minimum atomic E-state index is 0.190. The Balaban J connectivity index is 2.68. The van der Waals surface area contributed by atoms with Crippen LogP contribution < -0.4 is 0 Å². The van der Waals surface area contributed by atoms with Gasteiger partial charge in [-0.2, -0.15) is 5.26 Å². The van der Waals surface area contributed by atoms with E-state index in [1.807, 2.05) is 17.8 Å². The van der Waals surface area contributed by atoms with Crippen molar-refractivity contribution in [1.29, 1.82) is 5.26 Å². The zero-order chi connectivity index (χ0) is 11.1. The lowest BCUT2D eigenvalue weighted by atomic mass is 9.81. The molecule has 1 aliphatic rings. The number of thioether (sulfide) groups is 1. The molecule has 0 bridgehead atoms. The van der Waals surface area contributed by atoms with E-state index in [2.05, 4.69) is 41.9 Å². The topological polar surface area (TPSA) is 23.8 Å². The second kappa shape index (κ2) is 3.84. The molecule has 1 nitrogen and oxygen atoms in total. The Morgan fingerprint density at radius 3 is 2.87 bits per heavy atom. The Morgan fingerprint density at radius 2 is 2.20 bits per heavy atom. The highest BCUT2D eigenvalue weighted by molar-refractivity contribution is 9.10. The van der Waals surface area contributed by atoms with Crippen molar-refractivity contribution in [1.82, 2.24) is 0 Å². The fraction of sp³-hybridized carbons (Fsp3) is 0.417. The maximum atomic E-state index is 9.10. The van der Waals surface area contributed by atoms with Crippen LogP contribution in [0.1, 0.15) is 31.4 Å². The molecule has 1 aromatic carbocycles. The number of benzene rings is 1. The van der Waals surface area contributed by atoms with Crippen molar-refractivity contribution in [3.05, 3.63) is 27.7 Å². The van der Waals surface area contributed by atoms with Gasteiger partial charge < -0.3 is 0 Å². The molecule has 0 aromatic heterocycles. The Kier molecular flexibility index (Phi) is 2.83. The molecule has 0 fully saturated rings. The van der Waals surface area contributed by atoms with Gasteiger partial charge in [0.05, 0.1) is 5.56 Å². The highest BCUT2D eigenvalue weighted by atomic mass is 79.9. The van der Waals surface area contributed by atoms with Gasteiger partial charge in [0.15, 0.2) is 0 Å². The zero-order valence-electron chi connectivity index (χ0n) is 8.80. The van der Waals surface area contributed by atoms with Gasteiger partial charge in [-0.1, -0.05) is 29.8 Å². The Labute approximate surface area is 103 Å². The minimum Gasteiger partial charge on any atom is -0.192 e. The summed E-state index contributed by atoms with van der Waals surface area (Å²) < 4.78 is 1.01. The molecule has 0 spiro atoms. The van der Waals surface area contributed by atoms with Gasteiger partial charge >= 0.3 is 0 Å². The average molecular weight is 282 g/mol. The van der Waals surface area contributed by atoms with Gasteiger partial charge in [0.25, 0.3) is 0 Å². The van der Waals surface area contributed by atoms with Crippen LogP contribution in [0, 0.1) is 11.3 Å². The number of hydrogen-bond donors (Lipinski definition) is 0. The highest BCUT2D eigenvalue weighted by Gasteiger charge is 2.29. The molecule has 0 saturated carbocycles. The lowest BCUT2D eigenvalue weighted by Crippen LogP contribution is -2.23. The standard InChI is InChI=1S/C12H12BrNS/c1-12(2)3-4-15-11-8(7-14)5-9(13)6-10(11)12/h5-6H,3-4H2,1-2H3. The number of nitrogens with zero attached hydrogens (tertiary/aromatic N) is 1. The summed E-state index contributed by atoms with van der Waals surface area (Å²) in [6.45, 7) is 4.50. The quantitative estimate of drug-likeness (QED) is 0.715. The number of hydrogen-bond acceptors (Lipinski definition) is 2. The molecular weight excluding hydrogens is 270 g/mol. The monoisotopic (exact) mass is 281 g/mol. The summed E-state index contributed by atoms with van der Waals surface area (Å²) >= 11 is 5.28. The Hall–Kier alpha value is -0.460. The van der Waals surface area contributed by atoms with E-state index in [-0.39, 0.29) is 5.41 Å². The van der Waals surface area contributed by atoms with Crippen molar-refractivity contribution in [2.45, 2.75) is 30.6 Å². The molecule has 0 unspecified atom stereocenters. The van der Waals surface area contributed by atoms with E-state index in [0.29, 0.717) is 0 Å². The summed E-state index contributed by atoms with van der Waals surface area (Å²) in [4.78, 5) is 1.18. The predicted octanol–water partition coefficient (Wildman–Crippen LogP) is 4.09. The second-order valence-corrected chi connectivity index (χ2v) is 6.45. The van der Waals surface area contributed by atoms with E-state index >= 15 is 0 Å². The van der Waals surface area contributed by atoms with Gasteiger partial charge in [-0.25, -0.2) is 0 Å². The SMILES string of the molecule is CC1(C)CCSc2c(C#N)cc(Br)cc21. The summed E-state index contributed by atoms with van der Waals surface area (Å²) in [5.74, 6) is 1.11. The van der Waals surface area contributed by atoms with Crippen LogP contribution in [0.4, 0.5) is 0 Å². The third-order valence-electron chi connectivity index (χ3n) is 2.88. The first-order valence-corrected chi connectivity index (χ1v) is 6.69. The molecule has 0 saturated heterocycles. The normalized spacial score (nSPS) is 18.0. The van der Waals surface area contributed by atoms with Gasteiger partial charge in [0, 0.05) is 9.37 Å². The first kappa shape index (κ1) is 11.0. The third-order valence-corrected chi connectivity index (χ3v) is 4.47. The van der Waals surface area contributed by atoms with Crippen molar-refractivity contribution in [3.8, 4) is 6.07 Å². The Morgan fingerprint density at radius 1 is 1.47 bits per heavy atom. The third kappa shape index (κ3) is 1.93. The van der Waals surface area contributed by atoms with Crippen molar-refractivity contribution < 1.29 is 0 Å². The van der Waals surface area contributed by atoms with Crippen LogP contribution in [0.15, 0.2) is 21.5 Å². The molecule has 1 aliphatic heterocycles. The molecule has 2 rings (SSSR count). The molecule has 1 heterocycles. The number of rotatable bonds is 0. The van der Waals surface area contributed by atoms with E-state index in [0.717, 1.165) is 15.8 Å². The largest absolute Gasteiger partial charge is 0.192 e. The van der Waals surface area contributed by atoms with Crippen molar-refractivity contribution in [2.75, 3.05) is 5.75 Å². The molecule has 0 radical (unpaired) electrons. The summed E-state index contributed by atoms with van der Waals surface area (Å²) in [7, 11) is 0. The van der Waals surface area contributed by atoms with Crippen LogP contribution in [0.5, 0.6) is 0 Å². The molecule has 78 valence electrons. The lowest BCUT2D eigenvalue weighted by molar-refractivity contribution is 0.493. The van der Waals surface area contributed by atoms with Crippen molar-refractivity contribution in [2.24, 2.45) is 0 Å². The summed E-state index contributed by atoms with van der Waals surface area (Å²) in [6, 6.07) is 6.35. The number of halogens is 1. The second-order valence-electron chi connectivity index (χ2n) is 4.42. The first-order valence-electron chi connectivity index (χ1n) is 4.91. The van der Waals surface area contributed by atoms with Crippen LogP contribution in [-0.4, -0.2) is 5.75 Å². The number of nitriles is 1. The van der Waals surface area contributed by atoms with Crippen molar-refractivity contribution in [3.63, 3.8) is 0 Å². The molecule has 15 heavy (non-hydrogen) atoms. The van der Waals surface area contributed by atoms with E-state index in [1.165, 1.54) is 16.9 Å². The fourth-order valence-corrected chi connectivity index (χ4v) is 3.90. The van der Waals surface area contributed by atoms with E-state index in [4.69, 9.17) is 5.26 Å². The molecule has 3 heteroatoms. The maximum Gasteiger partial charge on any atom is 0.100 e. The zero-order valence-corrected chi connectivity index (χ0v) is 11.2. The molecule has 0 aliphatic carbocycles. The van der Waals surface area contributed by atoms with E-state index in [9.17, 15) is 0 Å². The summed E-state index contributed by atoms with van der Waals surface area (Å²) in [5, 5.41) is 9.10. The van der Waals surface area contributed by atoms with E-state index < -0.39 is 0 Å². The minimum absolute atomic E-state index is 0.190. The summed E-state index contributed by atoms with van der Waals surface area (Å²) in [6.07, 6.45) is 1.17. The van der Waals surface area contributed by atoms with Gasteiger partial charge in [0.2, 0.25) is 0 Å². The first-order chi connectivity index (χ1) is 7.04. The van der Waals surface area contributed by atoms with Crippen LogP contribution in [-0.2, 0) is 5.41 Å². The number of fused-ring (bicyclic) bond motifs is 1. The smallest absolute Gasteiger partial charge is 0.100 e. The fourth-order valence-electron chi connectivity index (χ4n) is 1.88. The van der Waals surface area contributed by atoms with Gasteiger partial charge in [-0.15, -0.1) is 11.8 Å². The van der Waals surface area contributed by atoms with Crippen molar-refractivity contribution >= 4 is 27.7 Å². The molecular formula is C12H12BrNS.